The summed E-state index contributed by atoms with van der Waals surface area (Å²) in [4.78, 5) is 5.03. The van der Waals surface area contributed by atoms with Crippen LogP contribution in [0.1, 0.15) is 13.8 Å². The van der Waals surface area contributed by atoms with E-state index in [0.717, 1.165) is 13.1 Å². The van der Waals surface area contributed by atoms with Crippen LogP contribution in [0.5, 0.6) is 0 Å². The first-order valence-corrected chi connectivity index (χ1v) is 5.52. The van der Waals surface area contributed by atoms with Gasteiger partial charge >= 0.3 is 0 Å². The fourth-order valence-electron chi connectivity index (χ4n) is 1.74. The van der Waals surface area contributed by atoms with Gasteiger partial charge in [0.15, 0.2) is 0 Å². The molecule has 0 radical (unpaired) electrons. The van der Waals surface area contributed by atoms with Gasteiger partial charge in [-0.25, -0.2) is 0 Å². The minimum Gasteiger partial charge on any atom is -0.314 e. The van der Waals surface area contributed by atoms with Gasteiger partial charge in [0, 0.05) is 39.3 Å². The van der Waals surface area contributed by atoms with Gasteiger partial charge in [-0.05, 0) is 13.1 Å². The molecule has 0 unspecified atom stereocenters. The van der Waals surface area contributed by atoms with E-state index in [9.17, 15) is 0 Å². The Kier molecular flexibility index (Phi) is 5.35. The summed E-state index contributed by atoms with van der Waals surface area (Å²) < 4.78 is 0. The first-order valence-electron chi connectivity index (χ1n) is 5.52. The second-order valence-electron chi connectivity index (χ2n) is 3.62. The molecule has 1 fully saturated rings. The molecule has 0 amide bonds. The smallest absolute Gasteiger partial charge is 0.0110 e. The maximum atomic E-state index is 3.47. The number of hydrogen-bond donors (Lipinski definition) is 1. The summed E-state index contributed by atoms with van der Waals surface area (Å²) in [6.07, 6.45) is 0. The highest BCUT2D eigenvalue weighted by atomic mass is 15.2. The second kappa shape index (κ2) is 6.35. The molecule has 0 spiro atoms. The van der Waals surface area contributed by atoms with E-state index in [0.29, 0.717) is 0 Å². The van der Waals surface area contributed by atoms with Gasteiger partial charge in [0.1, 0.15) is 0 Å². The number of hydrogen-bond acceptors (Lipinski definition) is 3. The lowest BCUT2D eigenvalue weighted by molar-refractivity contribution is 0.232. The topological polar surface area (TPSA) is 18.5 Å². The van der Waals surface area contributed by atoms with E-state index >= 15 is 0 Å². The van der Waals surface area contributed by atoms with E-state index in [-0.39, 0.29) is 0 Å². The number of rotatable bonds is 2. The van der Waals surface area contributed by atoms with Crippen LogP contribution >= 0.6 is 0 Å². The molecule has 0 aromatic carbocycles. The van der Waals surface area contributed by atoms with Crippen LogP contribution < -0.4 is 5.32 Å². The molecule has 1 N–H and O–H groups in total. The molecule has 3 nitrogen and oxygen atoms in total. The molecule has 0 aromatic rings. The minimum absolute atomic E-state index is 1.14. The average molecular weight is 185 g/mol. The number of likely N-dealkylation sites (N-methyl/N-ethyl adjacent to an activating group) is 2. The zero-order valence-electron chi connectivity index (χ0n) is 9.05. The Morgan fingerprint density at radius 2 is 1.31 bits per heavy atom. The van der Waals surface area contributed by atoms with Crippen LogP contribution in [0.3, 0.4) is 0 Å². The highest BCUT2D eigenvalue weighted by Crippen LogP contribution is 1.93. The van der Waals surface area contributed by atoms with Gasteiger partial charge in [-0.3, -0.25) is 0 Å². The second-order valence-corrected chi connectivity index (χ2v) is 3.62. The third-order valence-corrected chi connectivity index (χ3v) is 2.84. The van der Waals surface area contributed by atoms with Crippen LogP contribution in [0.4, 0.5) is 0 Å². The number of nitrogens with zero attached hydrogens (tertiary/aromatic N) is 2. The Morgan fingerprint density at radius 3 is 1.69 bits per heavy atom. The summed E-state index contributed by atoms with van der Waals surface area (Å²) >= 11 is 0. The molecule has 1 aliphatic rings. The van der Waals surface area contributed by atoms with E-state index in [1.165, 1.54) is 39.3 Å². The maximum absolute atomic E-state index is 3.47. The Hall–Kier alpha value is -0.120. The standard InChI is InChI=1S/C10H23N3/c1-3-12-7-5-11-6-8-13(4-2)10-9-12/h11H,3-10H2,1-2H3. The lowest BCUT2D eigenvalue weighted by atomic mass is 10.4. The molecule has 0 aliphatic carbocycles. The Morgan fingerprint density at radius 1 is 0.846 bits per heavy atom. The minimum atomic E-state index is 1.14. The van der Waals surface area contributed by atoms with Crippen molar-refractivity contribution in [3.8, 4) is 0 Å². The predicted octanol–water partition coefficient (Wildman–Crippen LogP) is 0.233. The highest BCUT2D eigenvalue weighted by Gasteiger charge is 2.08. The molecule has 0 saturated carbocycles. The SMILES string of the molecule is CCN1CCNCCN(CC)CC1. The normalized spacial score (nSPS) is 23.5. The third-order valence-electron chi connectivity index (χ3n) is 2.84. The van der Waals surface area contributed by atoms with Crippen molar-refractivity contribution in [2.75, 3.05) is 52.4 Å². The molecule has 1 saturated heterocycles. The molecule has 1 aliphatic heterocycles. The largest absolute Gasteiger partial charge is 0.314 e. The maximum Gasteiger partial charge on any atom is 0.0110 e. The van der Waals surface area contributed by atoms with E-state index in [4.69, 9.17) is 0 Å². The molecule has 0 bridgehead atoms. The monoisotopic (exact) mass is 185 g/mol. The molecule has 1 heterocycles. The lowest BCUT2D eigenvalue weighted by Crippen LogP contribution is -2.35. The van der Waals surface area contributed by atoms with Crippen LogP contribution in [0.2, 0.25) is 0 Å². The van der Waals surface area contributed by atoms with E-state index in [1.54, 1.807) is 0 Å². The lowest BCUT2D eigenvalue weighted by Gasteiger charge is -2.23. The van der Waals surface area contributed by atoms with Crippen molar-refractivity contribution in [2.45, 2.75) is 13.8 Å². The van der Waals surface area contributed by atoms with Crippen LogP contribution in [0.25, 0.3) is 0 Å². The molecular formula is C10H23N3. The van der Waals surface area contributed by atoms with Crippen molar-refractivity contribution in [3.05, 3.63) is 0 Å². The van der Waals surface area contributed by atoms with Gasteiger partial charge < -0.3 is 15.1 Å². The van der Waals surface area contributed by atoms with Crippen molar-refractivity contribution in [1.29, 1.82) is 0 Å². The highest BCUT2D eigenvalue weighted by molar-refractivity contribution is 4.66. The van der Waals surface area contributed by atoms with Crippen molar-refractivity contribution < 1.29 is 0 Å². The molecule has 0 atom stereocenters. The van der Waals surface area contributed by atoms with Gasteiger partial charge in [-0.1, -0.05) is 13.8 Å². The van der Waals surface area contributed by atoms with Crippen LogP contribution in [-0.2, 0) is 0 Å². The summed E-state index contributed by atoms with van der Waals surface area (Å²) in [6.45, 7) is 14.0. The van der Waals surface area contributed by atoms with Crippen molar-refractivity contribution >= 4 is 0 Å². The Balaban J connectivity index is 2.33. The van der Waals surface area contributed by atoms with Gasteiger partial charge in [-0.2, -0.15) is 0 Å². The van der Waals surface area contributed by atoms with Gasteiger partial charge in [0.2, 0.25) is 0 Å². The predicted molar refractivity (Wildman–Crippen MR) is 57.1 cm³/mol. The van der Waals surface area contributed by atoms with Gasteiger partial charge in [-0.15, -0.1) is 0 Å². The summed E-state index contributed by atoms with van der Waals surface area (Å²) in [7, 11) is 0. The summed E-state index contributed by atoms with van der Waals surface area (Å²) in [5, 5.41) is 3.47. The zero-order valence-corrected chi connectivity index (χ0v) is 9.05. The van der Waals surface area contributed by atoms with E-state index in [2.05, 4.69) is 29.0 Å². The molecule has 78 valence electrons. The van der Waals surface area contributed by atoms with Crippen LogP contribution in [0.15, 0.2) is 0 Å². The average Bonchev–Trinajstić information content (AvgIpc) is 2.28. The molecule has 13 heavy (non-hydrogen) atoms. The quantitative estimate of drug-likeness (QED) is 0.664. The first-order chi connectivity index (χ1) is 6.36. The van der Waals surface area contributed by atoms with Gasteiger partial charge in [0.25, 0.3) is 0 Å². The first kappa shape index (κ1) is 11.0. The fraction of sp³-hybridized carbons (Fsp3) is 1.00. The van der Waals surface area contributed by atoms with Crippen molar-refractivity contribution in [3.63, 3.8) is 0 Å². The summed E-state index contributed by atoms with van der Waals surface area (Å²) in [6, 6.07) is 0. The molecule has 0 aromatic heterocycles. The fourth-order valence-corrected chi connectivity index (χ4v) is 1.74. The van der Waals surface area contributed by atoms with Crippen LogP contribution in [-0.4, -0.2) is 62.2 Å². The molecule has 3 heteroatoms. The summed E-state index contributed by atoms with van der Waals surface area (Å²) in [5.41, 5.74) is 0. The van der Waals surface area contributed by atoms with Gasteiger partial charge in [0.05, 0.1) is 0 Å². The van der Waals surface area contributed by atoms with E-state index in [1.807, 2.05) is 0 Å². The van der Waals surface area contributed by atoms with Crippen molar-refractivity contribution in [2.24, 2.45) is 0 Å². The third kappa shape index (κ3) is 4.07. The zero-order chi connectivity index (χ0) is 9.52. The molecule has 1 rings (SSSR count). The number of nitrogens with one attached hydrogen (secondary N) is 1. The summed E-state index contributed by atoms with van der Waals surface area (Å²) in [5.74, 6) is 0. The molecular weight excluding hydrogens is 162 g/mol. The Bertz CT molecular complexity index is 113. The Labute approximate surface area is 82.1 Å². The van der Waals surface area contributed by atoms with Crippen LogP contribution in [0, 0.1) is 0 Å². The van der Waals surface area contributed by atoms with E-state index < -0.39 is 0 Å². The van der Waals surface area contributed by atoms with Crippen molar-refractivity contribution in [1.82, 2.24) is 15.1 Å².